The lowest BCUT2D eigenvalue weighted by atomic mass is 9.98. The van der Waals surface area contributed by atoms with Crippen LogP contribution >= 0.6 is 0 Å². The van der Waals surface area contributed by atoms with E-state index in [4.69, 9.17) is 0 Å². The lowest BCUT2D eigenvalue weighted by molar-refractivity contribution is -0.146. The Morgan fingerprint density at radius 1 is 1.44 bits per heavy atom. The molecule has 0 radical (unpaired) electrons. The van der Waals surface area contributed by atoms with Gasteiger partial charge >= 0.3 is 5.97 Å². The van der Waals surface area contributed by atoms with Gasteiger partial charge in [0.15, 0.2) is 0 Å². The van der Waals surface area contributed by atoms with Gasteiger partial charge in [-0.15, -0.1) is 0 Å². The van der Waals surface area contributed by atoms with Crippen molar-refractivity contribution >= 4 is 17.0 Å². The summed E-state index contributed by atoms with van der Waals surface area (Å²) < 4.78 is 1.30. The number of benzene rings is 1. The average molecular weight is 246 g/mol. The topological polar surface area (TPSA) is 72.2 Å². The van der Waals surface area contributed by atoms with E-state index < -0.39 is 17.1 Å². The van der Waals surface area contributed by atoms with Gasteiger partial charge in [0.05, 0.1) is 17.2 Å². The molecule has 0 spiro atoms. The Morgan fingerprint density at radius 3 is 2.72 bits per heavy atom. The summed E-state index contributed by atoms with van der Waals surface area (Å²) >= 11 is 0. The maximum atomic E-state index is 12.0. The maximum absolute atomic E-state index is 12.0. The van der Waals surface area contributed by atoms with Crippen LogP contribution in [-0.4, -0.2) is 20.6 Å². The molecule has 2 rings (SSSR count). The SMILES string of the molecule is CCC(C)(C(=O)O)n1c(=O)cnc2ccccc21. The molecule has 0 saturated carbocycles. The minimum atomic E-state index is -1.26. The number of aromatic nitrogens is 2. The average Bonchev–Trinajstić information content (AvgIpc) is 2.37. The lowest BCUT2D eigenvalue weighted by Crippen LogP contribution is -2.44. The summed E-state index contributed by atoms with van der Waals surface area (Å²) in [6.45, 7) is 3.29. The van der Waals surface area contributed by atoms with E-state index in [2.05, 4.69) is 4.98 Å². The van der Waals surface area contributed by atoms with E-state index in [0.717, 1.165) is 0 Å². The first-order valence-electron chi connectivity index (χ1n) is 5.71. The largest absolute Gasteiger partial charge is 0.479 e. The highest BCUT2D eigenvalue weighted by molar-refractivity contribution is 5.81. The van der Waals surface area contributed by atoms with Crippen molar-refractivity contribution in [3.63, 3.8) is 0 Å². The monoisotopic (exact) mass is 246 g/mol. The summed E-state index contributed by atoms with van der Waals surface area (Å²) in [5.74, 6) is -1.02. The molecular weight excluding hydrogens is 232 g/mol. The number of hydrogen-bond donors (Lipinski definition) is 1. The standard InChI is InChI=1S/C13H14N2O3/c1-3-13(2,12(17)18)15-10-7-5-4-6-9(10)14-8-11(15)16/h4-8H,3H2,1-2H3,(H,17,18). The van der Waals surface area contributed by atoms with Crippen molar-refractivity contribution in [3.8, 4) is 0 Å². The Labute approximate surface area is 104 Å². The van der Waals surface area contributed by atoms with Gasteiger partial charge in [-0.05, 0) is 25.5 Å². The van der Waals surface area contributed by atoms with Crippen LogP contribution in [0.4, 0.5) is 0 Å². The highest BCUT2D eigenvalue weighted by Gasteiger charge is 2.35. The molecule has 0 aliphatic heterocycles. The number of carbonyl (C=O) groups is 1. The van der Waals surface area contributed by atoms with Crippen LogP contribution in [-0.2, 0) is 10.3 Å². The molecule has 18 heavy (non-hydrogen) atoms. The van der Waals surface area contributed by atoms with E-state index in [1.165, 1.54) is 10.8 Å². The molecule has 94 valence electrons. The van der Waals surface area contributed by atoms with Crippen molar-refractivity contribution < 1.29 is 9.90 Å². The number of fused-ring (bicyclic) bond motifs is 1. The minimum absolute atomic E-state index is 0.316. The molecule has 0 saturated heterocycles. The molecule has 2 aromatic rings. The number of carboxylic acid groups (broad SMARTS) is 1. The van der Waals surface area contributed by atoms with Crippen molar-refractivity contribution in [2.45, 2.75) is 25.8 Å². The van der Waals surface area contributed by atoms with Crippen LogP contribution in [0.5, 0.6) is 0 Å². The zero-order valence-corrected chi connectivity index (χ0v) is 10.3. The van der Waals surface area contributed by atoms with Crippen LogP contribution < -0.4 is 5.56 Å². The molecule has 1 aromatic heterocycles. The van der Waals surface area contributed by atoms with Gasteiger partial charge in [0.1, 0.15) is 5.54 Å². The number of aliphatic carboxylic acids is 1. The van der Waals surface area contributed by atoms with Gasteiger partial charge in [-0.2, -0.15) is 0 Å². The van der Waals surface area contributed by atoms with Gasteiger partial charge < -0.3 is 5.11 Å². The van der Waals surface area contributed by atoms with Gasteiger partial charge in [0.2, 0.25) is 0 Å². The summed E-state index contributed by atoms with van der Waals surface area (Å²) in [7, 11) is 0. The Balaban J connectivity index is 2.89. The molecule has 1 heterocycles. The first kappa shape index (κ1) is 12.3. The Bertz CT molecular complexity index is 663. The molecule has 1 atom stereocenters. The summed E-state index contributed by atoms with van der Waals surface area (Å²) in [6, 6.07) is 7.02. The summed E-state index contributed by atoms with van der Waals surface area (Å²) in [6.07, 6.45) is 1.48. The summed E-state index contributed by atoms with van der Waals surface area (Å²) in [5.41, 5.74) is -0.519. The molecule has 1 N–H and O–H groups in total. The fraction of sp³-hybridized carbons (Fsp3) is 0.308. The highest BCUT2D eigenvalue weighted by Crippen LogP contribution is 2.23. The third kappa shape index (κ3) is 1.68. The number of carboxylic acids is 1. The lowest BCUT2D eigenvalue weighted by Gasteiger charge is -2.27. The van der Waals surface area contributed by atoms with E-state index in [-0.39, 0.29) is 0 Å². The van der Waals surface area contributed by atoms with E-state index >= 15 is 0 Å². The van der Waals surface area contributed by atoms with Crippen LogP contribution in [0.2, 0.25) is 0 Å². The first-order valence-corrected chi connectivity index (χ1v) is 5.71. The molecule has 0 fully saturated rings. The predicted octanol–water partition coefficient (Wildman–Crippen LogP) is 1.61. The Kier molecular flexibility index (Phi) is 2.90. The zero-order valence-electron chi connectivity index (χ0n) is 10.3. The van der Waals surface area contributed by atoms with E-state index in [1.807, 2.05) is 0 Å². The van der Waals surface area contributed by atoms with Crippen molar-refractivity contribution in [2.24, 2.45) is 0 Å². The highest BCUT2D eigenvalue weighted by atomic mass is 16.4. The maximum Gasteiger partial charge on any atom is 0.329 e. The van der Waals surface area contributed by atoms with Crippen LogP contribution in [0.25, 0.3) is 11.0 Å². The van der Waals surface area contributed by atoms with Crippen molar-refractivity contribution in [3.05, 3.63) is 40.8 Å². The van der Waals surface area contributed by atoms with Gasteiger partial charge in [-0.1, -0.05) is 19.1 Å². The number of para-hydroxylation sites is 2. The second kappa shape index (κ2) is 4.25. The third-order valence-electron chi connectivity index (χ3n) is 3.30. The summed E-state index contributed by atoms with van der Waals surface area (Å²) in [5, 5.41) is 9.39. The first-order chi connectivity index (χ1) is 8.50. The van der Waals surface area contributed by atoms with Gasteiger partial charge in [-0.25, -0.2) is 9.78 Å². The van der Waals surface area contributed by atoms with Crippen LogP contribution in [0.1, 0.15) is 20.3 Å². The van der Waals surface area contributed by atoms with Gasteiger partial charge in [-0.3, -0.25) is 9.36 Å². The van der Waals surface area contributed by atoms with Crippen LogP contribution in [0.15, 0.2) is 35.3 Å². The smallest absolute Gasteiger partial charge is 0.329 e. The number of nitrogens with zero attached hydrogens (tertiary/aromatic N) is 2. The van der Waals surface area contributed by atoms with Gasteiger partial charge in [0, 0.05) is 0 Å². The van der Waals surface area contributed by atoms with Crippen molar-refractivity contribution in [2.75, 3.05) is 0 Å². The van der Waals surface area contributed by atoms with Gasteiger partial charge in [0.25, 0.3) is 5.56 Å². The molecule has 0 bridgehead atoms. The minimum Gasteiger partial charge on any atom is -0.479 e. The second-order valence-electron chi connectivity index (χ2n) is 4.35. The van der Waals surface area contributed by atoms with Crippen LogP contribution in [0, 0.1) is 0 Å². The molecule has 5 nitrogen and oxygen atoms in total. The number of rotatable bonds is 3. The molecule has 1 aromatic carbocycles. The molecule has 5 heteroatoms. The zero-order chi connectivity index (χ0) is 13.3. The quantitative estimate of drug-likeness (QED) is 0.893. The van der Waals surface area contributed by atoms with Crippen molar-refractivity contribution in [1.82, 2.24) is 9.55 Å². The van der Waals surface area contributed by atoms with E-state index in [1.54, 1.807) is 38.1 Å². The Hall–Kier alpha value is -2.17. The van der Waals surface area contributed by atoms with Crippen LogP contribution in [0.3, 0.4) is 0 Å². The van der Waals surface area contributed by atoms with E-state index in [0.29, 0.717) is 17.5 Å². The molecule has 0 aliphatic carbocycles. The second-order valence-corrected chi connectivity index (χ2v) is 4.35. The number of hydrogen-bond acceptors (Lipinski definition) is 3. The molecule has 0 amide bonds. The third-order valence-corrected chi connectivity index (χ3v) is 3.30. The molecule has 0 aliphatic rings. The fourth-order valence-corrected chi connectivity index (χ4v) is 1.98. The predicted molar refractivity (Wildman–Crippen MR) is 67.6 cm³/mol. The fourth-order valence-electron chi connectivity index (χ4n) is 1.98. The Morgan fingerprint density at radius 2 is 2.11 bits per heavy atom. The van der Waals surface area contributed by atoms with E-state index in [9.17, 15) is 14.7 Å². The van der Waals surface area contributed by atoms with Crippen molar-refractivity contribution in [1.29, 1.82) is 0 Å². The normalized spacial score (nSPS) is 14.3. The summed E-state index contributed by atoms with van der Waals surface area (Å²) in [4.78, 5) is 27.5. The molecular formula is C13H14N2O3. The molecule has 1 unspecified atom stereocenters.